The fraction of sp³-hybridized carbons (Fsp3) is 0.200. The predicted octanol–water partition coefficient (Wildman–Crippen LogP) is 4.03. The first-order valence-electron chi connectivity index (χ1n) is 7.73. The summed E-state index contributed by atoms with van der Waals surface area (Å²) in [6.07, 6.45) is 4.10. The molecule has 0 aliphatic carbocycles. The van der Waals surface area contributed by atoms with Crippen molar-refractivity contribution in [2.45, 2.75) is 13.0 Å². The van der Waals surface area contributed by atoms with Crippen molar-refractivity contribution in [1.29, 1.82) is 0 Å². The molecule has 1 heterocycles. The normalized spacial score (nSPS) is 13.3. The number of rotatable bonds is 6. The van der Waals surface area contributed by atoms with E-state index in [-0.39, 0.29) is 22.2 Å². The lowest BCUT2D eigenvalue weighted by atomic mass is 10.0. The highest BCUT2D eigenvalue weighted by Gasteiger charge is 2.14. The van der Waals surface area contributed by atoms with E-state index in [1.807, 2.05) is 0 Å². The maximum Gasteiger partial charge on any atom is 0.387 e. The van der Waals surface area contributed by atoms with Gasteiger partial charge in [-0.05, 0) is 30.5 Å². The third-order valence-corrected chi connectivity index (χ3v) is 3.54. The van der Waals surface area contributed by atoms with E-state index in [9.17, 15) is 14.0 Å². The number of methoxy groups -OCH3 is 1. The van der Waals surface area contributed by atoms with E-state index in [1.54, 1.807) is 6.42 Å². The molecule has 0 unspecified atom stereocenters. The molecule has 2 rings (SSSR count). The number of hydrogen-bond acceptors (Lipinski definition) is 3. The summed E-state index contributed by atoms with van der Waals surface area (Å²) in [6.45, 7) is -3.13. The van der Waals surface area contributed by atoms with Crippen molar-refractivity contribution in [2.75, 3.05) is 7.04 Å². The topological polar surface area (TPSA) is 45.4 Å². The Morgan fingerprint density at radius 1 is 1.30 bits per heavy atom. The first-order valence-corrected chi connectivity index (χ1v) is 6.98. The molecule has 1 aromatic heterocycles. The number of halogens is 4. The van der Waals surface area contributed by atoms with Gasteiger partial charge in [0.2, 0.25) is 0 Å². The maximum absolute atomic E-state index is 12.4. The summed E-state index contributed by atoms with van der Waals surface area (Å²) < 4.78 is 55.7. The van der Waals surface area contributed by atoms with Crippen LogP contribution < -0.4 is 14.2 Å². The molecule has 0 N–H and O–H groups in total. The van der Waals surface area contributed by atoms with Crippen molar-refractivity contribution >= 4 is 23.2 Å². The van der Waals surface area contributed by atoms with Crippen LogP contribution in [-0.4, -0.2) is 13.6 Å². The number of aromatic nitrogens is 1. The molecule has 23 heavy (non-hydrogen) atoms. The van der Waals surface area contributed by atoms with Gasteiger partial charge in [0.1, 0.15) is 10.0 Å². The van der Waals surface area contributed by atoms with Gasteiger partial charge in [0.15, 0.2) is 23.9 Å². The van der Waals surface area contributed by atoms with Crippen molar-refractivity contribution in [3.63, 3.8) is 0 Å². The molecule has 0 fully saturated rings. The van der Waals surface area contributed by atoms with Gasteiger partial charge >= 0.3 is 6.61 Å². The Kier molecular flexibility index (Phi) is 4.54. The van der Waals surface area contributed by atoms with Crippen molar-refractivity contribution in [1.82, 2.24) is 0 Å². The zero-order chi connectivity index (χ0) is 19.5. The molecule has 8 heteroatoms. The van der Waals surface area contributed by atoms with Gasteiger partial charge in [-0.2, -0.15) is 13.5 Å². The molecule has 4 nitrogen and oxygen atoms in total. The van der Waals surface area contributed by atoms with Crippen molar-refractivity contribution in [2.24, 2.45) is 0 Å². The molecule has 123 valence electrons. The van der Waals surface area contributed by atoms with Crippen LogP contribution in [0.25, 0.3) is 0 Å². The molecule has 0 spiro atoms. The number of pyridine rings is 1. The summed E-state index contributed by atoms with van der Waals surface area (Å²) in [5, 5.41) is 11.5. The van der Waals surface area contributed by atoms with E-state index < -0.39 is 19.4 Å². The number of alkyl halides is 2. The van der Waals surface area contributed by atoms with Crippen LogP contribution in [0.4, 0.5) is 8.78 Å². The van der Waals surface area contributed by atoms with Gasteiger partial charge in [-0.3, -0.25) is 0 Å². The fourth-order valence-electron chi connectivity index (χ4n) is 1.87. The smallest absolute Gasteiger partial charge is 0.387 e. The Balaban J connectivity index is 2.23. The Morgan fingerprint density at radius 3 is 2.61 bits per heavy atom. The Hall–Kier alpha value is -1.79. The van der Waals surface area contributed by atoms with E-state index in [0.717, 1.165) is 12.4 Å². The zero-order valence-electron chi connectivity index (χ0n) is 14.4. The number of benzene rings is 1. The fourth-order valence-corrected chi connectivity index (χ4v) is 2.47. The third-order valence-electron chi connectivity index (χ3n) is 2.89. The van der Waals surface area contributed by atoms with Gasteiger partial charge in [-0.1, -0.05) is 29.3 Å². The summed E-state index contributed by atoms with van der Waals surface area (Å²) in [6, 6.07) is 3.84. The monoisotopic (exact) mass is 365 g/mol. The van der Waals surface area contributed by atoms with Crippen LogP contribution in [0.2, 0.25) is 10.0 Å². The molecule has 0 aliphatic heterocycles. The number of nitrogens with zero attached hydrogens (tertiary/aromatic N) is 1. The van der Waals surface area contributed by atoms with E-state index in [4.69, 9.17) is 32.1 Å². The molecule has 2 aromatic rings. The van der Waals surface area contributed by atoms with Crippen LogP contribution in [0.5, 0.6) is 11.5 Å². The first kappa shape index (κ1) is 13.6. The number of hydrogen-bond donors (Lipinski definition) is 0. The van der Waals surface area contributed by atoms with Crippen LogP contribution in [0.1, 0.15) is 15.2 Å². The quantitative estimate of drug-likeness (QED) is 0.573. The van der Waals surface area contributed by atoms with Crippen LogP contribution >= 0.6 is 23.2 Å². The summed E-state index contributed by atoms with van der Waals surface area (Å²) in [7, 11) is -2.84. The van der Waals surface area contributed by atoms with Gasteiger partial charge < -0.3 is 14.7 Å². The molecule has 0 amide bonds. The van der Waals surface area contributed by atoms with Gasteiger partial charge in [-0.15, -0.1) is 0 Å². The molecule has 0 saturated heterocycles. The standard InChI is InChI=1S/C15H12Cl2F2NO3/c1-22-14-6-9(3-5-13(14)23-15(18)19)2-4-10-11(16)7-20(21)8-12(10)17/h2-3,5-8,15H,4H2,1H3/i1D3. The Morgan fingerprint density at radius 2 is 2.00 bits per heavy atom. The first-order chi connectivity index (χ1) is 12.0. The lowest BCUT2D eigenvalue weighted by Crippen LogP contribution is -2.25. The molecule has 1 aromatic carbocycles. The Labute approximate surface area is 146 Å². The van der Waals surface area contributed by atoms with Gasteiger partial charge in [0.05, 0.1) is 11.2 Å². The second-order valence-corrected chi connectivity index (χ2v) is 5.20. The summed E-state index contributed by atoms with van der Waals surface area (Å²) in [5.41, 5.74) is 0.934. The maximum atomic E-state index is 12.4. The summed E-state index contributed by atoms with van der Waals surface area (Å²) >= 11 is 11.9. The Bertz CT molecular complexity index is 768. The average molecular weight is 366 g/mol. The lowest BCUT2D eigenvalue weighted by molar-refractivity contribution is -0.605. The molecule has 0 aliphatic rings. The highest BCUT2D eigenvalue weighted by atomic mass is 35.5. The van der Waals surface area contributed by atoms with Gasteiger partial charge in [0.25, 0.3) is 0 Å². The van der Waals surface area contributed by atoms with Crippen LogP contribution in [0.3, 0.4) is 0 Å². The highest BCUT2D eigenvalue weighted by Crippen LogP contribution is 2.31. The summed E-state index contributed by atoms with van der Waals surface area (Å²) in [4.78, 5) is 0. The van der Waals surface area contributed by atoms with Crippen LogP contribution in [0.15, 0.2) is 30.6 Å². The van der Waals surface area contributed by atoms with Gasteiger partial charge in [0, 0.05) is 5.56 Å². The SMILES string of the molecule is [2H]C([2H])([2H])Oc1cc([CH]Cc2c(Cl)c[n+]([O-])cc2Cl)ccc1OC(F)F. The lowest BCUT2D eigenvalue weighted by Gasteiger charge is -2.12. The van der Waals surface area contributed by atoms with E-state index >= 15 is 0 Å². The van der Waals surface area contributed by atoms with E-state index in [0.29, 0.717) is 15.9 Å². The largest absolute Gasteiger partial charge is 0.619 e. The molecule has 0 saturated carbocycles. The van der Waals surface area contributed by atoms with Crippen molar-refractivity contribution < 1.29 is 27.1 Å². The number of ether oxygens (including phenoxy) is 2. The predicted molar refractivity (Wildman–Crippen MR) is 82.2 cm³/mol. The van der Waals surface area contributed by atoms with Crippen LogP contribution in [0, 0.1) is 11.6 Å². The zero-order valence-corrected chi connectivity index (χ0v) is 12.9. The van der Waals surface area contributed by atoms with E-state index in [2.05, 4.69) is 4.74 Å². The average Bonchev–Trinajstić information content (AvgIpc) is 2.46. The van der Waals surface area contributed by atoms with Crippen molar-refractivity contribution in [3.05, 3.63) is 63.4 Å². The second-order valence-electron chi connectivity index (χ2n) is 4.39. The molecule has 0 bridgehead atoms. The minimum absolute atomic E-state index is 0.153. The molecule has 0 atom stereocenters. The van der Waals surface area contributed by atoms with Gasteiger partial charge in [-0.25, -0.2) is 0 Å². The molecule has 1 radical (unpaired) electrons. The third kappa shape index (κ3) is 4.59. The highest BCUT2D eigenvalue weighted by molar-refractivity contribution is 6.35. The molecular weight excluding hydrogens is 351 g/mol. The summed E-state index contributed by atoms with van der Waals surface area (Å²) in [5.74, 6) is -0.766. The molecular formula is C15H12Cl2F2NO3. The minimum atomic E-state index is -3.13. The van der Waals surface area contributed by atoms with Crippen LogP contribution in [-0.2, 0) is 6.42 Å². The van der Waals surface area contributed by atoms with Crippen molar-refractivity contribution in [3.8, 4) is 11.5 Å². The minimum Gasteiger partial charge on any atom is -0.619 e. The second kappa shape index (κ2) is 7.66. The van der Waals surface area contributed by atoms with E-state index in [1.165, 1.54) is 18.2 Å².